The molecule has 3 aromatic rings. The van der Waals surface area contributed by atoms with Crippen molar-refractivity contribution in [3.8, 4) is 27.6 Å². The molecule has 4 rings (SSSR count). The first kappa shape index (κ1) is 14.2. The van der Waals surface area contributed by atoms with Crippen LogP contribution in [0.2, 0.25) is 0 Å². The number of rotatable bonds is 2. The Bertz CT molecular complexity index is 961. The highest BCUT2D eigenvalue weighted by molar-refractivity contribution is 7.73. The number of benzene rings is 2. The summed E-state index contributed by atoms with van der Waals surface area (Å²) in [6.45, 7) is 0.226. The van der Waals surface area contributed by atoms with Crippen LogP contribution in [0, 0.1) is 3.95 Å². The predicted octanol–water partition coefficient (Wildman–Crippen LogP) is 4.02. The van der Waals surface area contributed by atoms with E-state index in [-0.39, 0.29) is 12.4 Å². The lowest BCUT2D eigenvalue weighted by Gasteiger charge is -2.07. The summed E-state index contributed by atoms with van der Waals surface area (Å²) in [5.41, 5.74) is 1.52. The quantitative estimate of drug-likeness (QED) is 0.660. The van der Waals surface area contributed by atoms with Crippen molar-refractivity contribution in [2.24, 2.45) is 0 Å². The maximum absolute atomic E-state index is 12.5. The molecule has 0 atom stereocenters. The molecule has 0 radical (unpaired) electrons. The van der Waals surface area contributed by atoms with Gasteiger partial charge >= 0.3 is 0 Å². The summed E-state index contributed by atoms with van der Waals surface area (Å²) in [5, 5.41) is 0. The van der Waals surface area contributed by atoms with Crippen LogP contribution in [-0.4, -0.2) is 11.4 Å². The van der Waals surface area contributed by atoms with E-state index in [0.29, 0.717) is 9.70 Å². The van der Waals surface area contributed by atoms with Crippen molar-refractivity contribution in [2.45, 2.75) is 0 Å². The summed E-state index contributed by atoms with van der Waals surface area (Å²) in [6, 6.07) is 16.6. The number of ether oxygens (including phenoxy) is 2. The van der Waals surface area contributed by atoms with Gasteiger partial charge < -0.3 is 9.47 Å². The Morgan fingerprint density at radius 3 is 2.57 bits per heavy atom. The number of fused-ring (bicyclic) bond motifs is 1. The third kappa shape index (κ3) is 2.56. The molecule has 0 saturated carbocycles. The van der Waals surface area contributed by atoms with E-state index in [1.165, 1.54) is 15.9 Å². The van der Waals surface area contributed by atoms with E-state index >= 15 is 0 Å². The van der Waals surface area contributed by atoms with Crippen molar-refractivity contribution in [3.63, 3.8) is 0 Å². The highest BCUT2D eigenvalue weighted by atomic mass is 32.1. The summed E-state index contributed by atoms with van der Waals surface area (Å²) in [6.07, 6.45) is 0. The summed E-state index contributed by atoms with van der Waals surface area (Å²) >= 11 is 6.83. The topological polar surface area (TPSA) is 40.5 Å². The third-order valence-corrected chi connectivity index (χ3v) is 4.89. The number of hydrogen-bond donors (Lipinski definition) is 0. The Morgan fingerprint density at radius 1 is 1.00 bits per heavy atom. The molecule has 23 heavy (non-hydrogen) atoms. The van der Waals surface area contributed by atoms with E-state index in [4.69, 9.17) is 21.7 Å². The lowest BCUT2D eigenvalue weighted by molar-refractivity contribution is 0.174. The predicted molar refractivity (Wildman–Crippen MR) is 92.3 cm³/mol. The van der Waals surface area contributed by atoms with Crippen LogP contribution in [0.4, 0.5) is 0 Å². The fraction of sp³-hybridized carbons (Fsp3) is 0.0588. The average Bonchev–Trinajstić information content (AvgIpc) is 3.02. The zero-order valence-electron chi connectivity index (χ0n) is 11.9. The molecule has 0 N–H and O–H groups in total. The molecule has 2 aromatic carbocycles. The second kappa shape index (κ2) is 5.64. The van der Waals surface area contributed by atoms with E-state index in [0.717, 1.165) is 21.9 Å². The summed E-state index contributed by atoms with van der Waals surface area (Å²) in [5.74, 6) is 1.41. The van der Waals surface area contributed by atoms with Crippen LogP contribution >= 0.6 is 23.6 Å². The second-order valence-corrected chi connectivity index (χ2v) is 6.63. The maximum Gasteiger partial charge on any atom is 0.258 e. The van der Waals surface area contributed by atoms with E-state index in [9.17, 15) is 4.79 Å². The molecule has 0 spiro atoms. The standard InChI is InChI=1S/C17H11NO3S2/c19-16-9-15(11-6-7-13-14(8-11)21-10-20-13)23-17(22)18(16)12-4-2-1-3-5-12/h1-9H,10H2. The molecule has 0 aliphatic carbocycles. The molecular formula is C17H11NO3S2. The molecule has 0 unspecified atom stereocenters. The minimum absolute atomic E-state index is 0.146. The number of nitrogens with zero attached hydrogens (tertiary/aromatic N) is 1. The van der Waals surface area contributed by atoms with Crippen molar-refractivity contribution in [3.05, 3.63) is 68.9 Å². The number of aromatic nitrogens is 1. The van der Waals surface area contributed by atoms with Gasteiger partial charge in [0.25, 0.3) is 5.56 Å². The minimum atomic E-state index is -0.146. The molecule has 0 amide bonds. The molecule has 114 valence electrons. The average molecular weight is 341 g/mol. The van der Waals surface area contributed by atoms with Crippen molar-refractivity contribution < 1.29 is 9.47 Å². The second-order valence-electron chi connectivity index (χ2n) is 4.95. The minimum Gasteiger partial charge on any atom is -0.454 e. The molecule has 0 saturated heterocycles. The highest BCUT2D eigenvalue weighted by Gasteiger charge is 2.15. The molecule has 0 fully saturated rings. The van der Waals surface area contributed by atoms with Gasteiger partial charge in [0.1, 0.15) is 0 Å². The normalized spacial score (nSPS) is 12.3. The molecule has 4 nitrogen and oxygen atoms in total. The van der Waals surface area contributed by atoms with Crippen LogP contribution in [-0.2, 0) is 0 Å². The maximum atomic E-state index is 12.5. The Kier molecular flexibility index (Phi) is 3.48. The highest BCUT2D eigenvalue weighted by Crippen LogP contribution is 2.36. The summed E-state index contributed by atoms with van der Waals surface area (Å²) in [7, 11) is 0. The van der Waals surface area contributed by atoms with Crippen LogP contribution < -0.4 is 15.0 Å². The van der Waals surface area contributed by atoms with Gasteiger partial charge in [-0.1, -0.05) is 18.2 Å². The van der Waals surface area contributed by atoms with Crippen molar-refractivity contribution in [1.82, 2.24) is 4.57 Å². The van der Waals surface area contributed by atoms with Gasteiger partial charge in [0.15, 0.2) is 15.5 Å². The molecule has 1 aromatic heterocycles. The molecule has 0 bridgehead atoms. The van der Waals surface area contributed by atoms with Crippen LogP contribution in [0.5, 0.6) is 11.5 Å². The van der Waals surface area contributed by atoms with Gasteiger partial charge in [0, 0.05) is 10.9 Å². The van der Waals surface area contributed by atoms with Crippen LogP contribution in [0.15, 0.2) is 59.4 Å². The van der Waals surface area contributed by atoms with Crippen molar-refractivity contribution in [2.75, 3.05) is 6.79 Å². The molecule has 1 aliphatic heterocycles. The Balaban J connectivity index is 1.84. The summed E-state index contributed by atoms with van der Waals surface area (Å²) in [4.78, 5) is 13.3. The molecular weight excluding hydrogens is 330 g/mol. The zero-order valence-corrected chi connectivity index (χ0v) is 13.5. The summed E-state index contributed by atoms with van der Waals surface area (Å²) < 4.78 is 12.7. The van der Waals surface area contributed by atoms with Crippen molar-refractivity contribution >= 4 is 23.6 Å². The van der Waals surface area contributed by atoms with Gasteiger partial charge in [-0.25, -0.2) is 0 Å². The Morgan fingerprint density at radius 2 is 1.78 bits per heavy atom. The number of hydrogen-bond acceptors (Lipinski definition) is 5. The fourth-order valence-corrected chi connectivity index (χ4v) is 3.78. The van der Waals surface area contributed by atoms with Gasteiger partial charge in [-0.05, 0) is 48.1 Å². The molecule has 6 heteroatoms. The molecule has 1 aliphatic rings. The third-order valence-electron chi connectivity index (χ3n) is 3.53. The van der Waals surface area contributed by atoms with Gasteiger partial charge in [0.2, 0.25) is 6.79 Å². The lowest BCUT2D eigenvalue weighted by Crippen LogP contribution is -2.17. The first-order chi connectivity index (χ1) is 11.2. The SMILES string of the molecule is O=c1cc(-c2ccc3c(c2)OCO3)sc(=S)n1-c1ccccc1. The van der Waals surface area contributed by atoms with E-state index in [1.807, 2.05) is 48.5 Å². The number of para-hydroxylation sites is 1. The van der Waals surface area contributed by atoms with Gasteiger partial charge in [-0.15, -0.1) is 11.3 Å². The Hall–Kier alpha value is -2.44. The van der Waals surface area contributed by atoms with Gasteiger partial charge in [0.05, 0.1) is 5.69 Å². The van der Waals surface area contributed by atoms with Crippen LogP contribution in [0.25, 0.3) is 16.1 Å². The van der Waals surface area contributed by atoms with Crippen LogP contribution in [0.3, 0.4) is 0 Å². The monoisotopic (exact) mass is 341 g/mol. The lowest BCUT2D eigenvalue weighted by atomic mass is 10.1. The van der Waals surface area contributed by atoms with Crippen LogP contribution in [0.1, 0.15) is 0 Å². The fourth-order valence-electron chi connectivity index (χ4n) is 2.44. The van der Waals surface area contributed by atoms with E-state index in [2.05, 4.69) is 0 Å². The first-order valence-corrected chi connectivity index (χ1v) is 8.17. The zero-order chi connectivity index (χ0) is 15.8. The van der Waals surface area contributed by atoms with E-state index < -0.39 is 0 Å². The molecule has 2 heterocycles. The van der Waals surface area contributed by atoms with Gasteiger partial charge in [-0.2, -0.15) is 0 Å². The van der Waals surface area contributed by atoms with Gasteiger partial charge in [-0.3, -0.25) is 9.36 Å². The van der Waals surface area contributed by atoms with Crippen molar-refractivity contribution in [1.29, 1.82) is 0 Å². The Labute approximate surface area is 141 Å². The smallest absolute Gasteiger partial charge is 0.258 e. The van der Waals surface area contributed by atoms with E-state index in [1.54, 1.807) is 6.07 Å². The first-order valence-electron chi connectivity index (χ1n) is 6.95. The largest absolute Gasteiger partial charge is 0.454 e.